The van der Waals surface area contributed by atoms with Crippen molar-refractivity contribution in [2.24, 2.45) is 5.92 Å². The van der Waals surface area contributed by atoms with Crippen molar-refractivity contribution in [1.82, 2.24) is 19.6 Å². The predicted octanol–water partition coefficient (Wildman–Crippen LogP) is 0.862. The van der Waals surface area contributed by atoms with Crippen LogP contribution in [0.25, 0.3) is 5.78 Å². The van der Waals surface area contributed by atoms with Crippen molar-refractivity contribution >= 4 is 11.6 Å². The number of hydrogen-bond donors (Lipinski definition) is 2. The van der Waals surface area contributed by atoms with E-state index in [9.17, 15) is 5.11 Å². The Morgan fingerprint density at radius 1 is 1.47 bits per heavy atom. The number of nitrogens with zero attached hydrogens (tertiary/aromatic N) is 4. The fourth-order valence-corrected chi connectivity index (χ4v) is 1.65. The molecule has 0 unspecified atom stereocenters. The van der Waals surface area contributed by atoms with Crippen molar-refractivity contribution in [1.29, 1.82) is 0 Å². The van der Waals surface area contributed by atoms with Crippen molar-refractivity contribution in [3.05, 3.63) is 18.1 Å². The van der Waals surface area contributed by atoms with Gasteiger partial charge in [0.05, 0.1) is 12.6 Å². The molecule has 2 aromatic rings. The van der Waals surface area contributed by atoms with Crippen LogP contribution in [0.15, 0.2) is 12.4 Å². The quantitative estimate of drug-likeness (QED) is 0.822. The van der Waals surface area contributed by atoms with E-state index >= 15 is 0 Å². The molecule has 0 aromatic carbocycles. The van der Waals surface area contributed by atoms with Crippen LogP contribution in [0.5, 0.6) is 0 Å². The minimum absolute atomic E-state index is 0.0100. The molecule has 2 aromatic heterocycles. The fraction of sp³-hybridized carbons (Fsp3) is 0.545. The Morgan fingerprint density at radius 3 is 2.88 bits per heavy atom. The summed E-state index contributed by atoms with van der Waals surface area (Å²) >= 11 is 0. The molecule has 92 valence electrons. The highest BCUT2D eigenvalue weighted by molar-refractivity contribution is 5.45. The summed E-state index contributed by atoms with van der Waals surface area (Å²) in [5, 5.41) is 16.7. The number of aliphatic hydroxyl groups excluding tert-OH is 1. The Morgan fingerprint density at radius 2 is 2.24 bits per heavy atom. The number of nitrogens with one attached hydrogen (secondary N) is 1. The zero-order valence-corrected chi connectivity index (χ0v) is 10.3. The molecule has 2 rings (SSSR count). The Hall–Kier alpha value is -1.69. The first-order valence-corrected chi connectivity index (χ1v) is 5.66. The molecule has 0 saturated heterocycles. The van der Waals surface area contributed by atoms with E-state index in [-0.39, 0.29) is 12.6 Å². The van der Waals surface area contributed by atoms with E-state index in [4.69, 9.17) is 0 Å². The van der Waals surface area contributed by atoms with Gasteiger partial charge in [0, 0.05) is 11.8 Å². The molecule has 0 fully saturated rings. The first kappa shape index (κ1) is 11.8. The SMILES string of the molecule is Cc1cc(N[C@H](CO)C(C)C)n2ncnc2n1. The van der Waals surface area contributed by atoms with Gasteiger partial charge >= 0.3 is 0 Å². The van der Waals surface area contributed by atoms with Crippen LogP contribution in [-0.2, 0) is 0 Å². The minimum atomic E-state index is -0.0100. The zero-order chi connectivity index (χ0) is 12.4. The van der Waals surface area contributed by atoms with Crippen molar-refractivity contribution in [2.45, 2.75) is 26.8 Å². The highest BCUT2D eigenvalue weighted by Gasteiger charge is 2.14. The lowest BCUT2D eigenvalue weighted by atomic mass is 10.1. The van der Waals surface area contributed by atoms with E-state index in [2.05, 4.69) is 34.2 Å². The maximum atomic E-state index is 9.33. The molecule has 0 saturated carbocycles. The molecular formula is C11H17N5O. The summed E-state index contributed by atoms with van der Waals surface area (Å²) < 4.78 is 1.64. The normalized spacial score (nSPS) is 13.2. The first-order valence-electron chi connectivity index (χ1n) is 5.66. The van der Waals surface area contributed by atoms with Gasteiger partial charge in [-0.15, -0.1) is 0 Å². The van der Waals surface area contributed by atoms with E-state index < -0.39 is 0 Å². The van der Waals surface area contributed by atoms with Crippen LogP contribution in [0.1, 0.15) is 19.5 Å². The van der Waals surface area contributed by atoms with Crippen LogP contribution >= 0.6 is 0 Å². The lowest BCUT2D eigenvalue weighted by molar-refractivity contribution is 0.249. The van der Waals surface area contributed by atoms with Crippen molar-refractivity contribution in [3.8, 4) is 0 Å². The lowest BCUT2D eigenvalue weighted by Crippen LogP contribution is -2.30. The summed E-state index contributed by atoms with van der Waals surface area (Å²) in [5.41, 5.74) is 0.869. The standard InChI is InChI=1S/C11H17N5O/c1-7(2)9(5-17)15-10-4-8(3)14-11-12-6-13-16(10)11/h4,6-7,9,15,17H,5H2,1-3H3/t9-/m1/s1. The molecular weight excluding hydrogens is 218 g/mol. The van der Waals surface area contributed by atoms with E-state index in [1.165, 1.54) is 6.33 Å². The van der Waals surface area contributed by atoms with Crippen molar-refractivity contribution in [2.75, 3.05) is 11.9 Å². The van der Waals surface area contributed by atoms with Crippen LogP contribution in [0, 0.1) is 12.8 Å². The van der Waals surface area contributed by atoms with Gasteiger partial charge < -0.3 is 10.4 Å². The molecule has 2 heterocycles. The van der Waals surface area contributed by atoms with Crippen molar-refractivity contribution < 1.29 is 5.11 Å². The van der Waals surface area contributed by atoms with Gasteiger partial charge in [-0.25, -0.2) is 4.98 Å². The predicted molar refractivity (Wildman–Crippen MR) is 64.9 cm³/mol. The minimum Gasteiger partial charge on any atom is -0.394 e. The van der Waals surface area contributed by atoms with Gasteiger partial charge in [0.25, 0.3) is 5.78 Å². The average molecular weight is 235 g/mol. The second-order valence-electron chi connectivity index (χ2n) is 4.43. The summed E-state index contributed by atoms with van der Waals surface area (Å²) in [5.74, 6) is 1.69. The molecule has 0 aliphatic heterocycles. The third kappa shape index (κ3) is 2.36. The fourth-order valence-electron chi connectivity index (χ4n) is 1.65. The van der Waals surface area contributed by atoms with Crippen LogP contribution in [0.2, 0.25) is 0 Å². The molecule has 0 amide bonds. The smallest absolute Gasteiger partial charge is 0.254 e. The molecule has 0 radical (unpaired) electrons. The molecule has 1 atom stereocenters. The van der Waals surface area contributed by atoms with Crippen LogP contribution in [0.4, 0.5) is 5.82 Å². The van der Waals surface area contributed by atoms with Gasteiger partial charge in [-0.1, -0.05) is 13.8 Å². The number of aryl methyl sites for hydroxylation is 1. The molecule has 0 aliphatic carbocycles. The summed E-state index contributed by atoms with van der Waals surface area (Å²) in [4.78, 5) is 8.32. The number of rotatable bonds is 4. The van der Waals surface area contributed by atoms with Gasteiger partial charge in [0.1, 0.15) is 12.1 Å². The highest BCUT2D eigenvalue weighted by atomic mass is 16.3. The molecule has 0 aliphatic rings. The van der Waals surface area contributed by atoms with Gasteiger partial charge in [-0.2, -0.15) is 14.6 Å². The monoisotopic (exact) mass is 235 g/mol. The van der Waals surface area contributed by atoms with E-state index in [1.54, 1.807) is 4.52 Å². The highest BCUT2D eigenvalue weighted by Crippen LogP contribution is 2.14. The molecule has 6 heteroatoms. The number of anilines is 1. The first-order chi connectivity index (χ1) is 8.11. The Kier molecular flexibility index (Phi) is 3.23. The molecule has 6 nitrogen and oxygen atoms in total. The third-order valence-electron chi connectivity index (χ3n) is 2.71. The van der Waals surface area contributed by atoms with Gasteiger partial charge in [-0.05, 0) is 12.8 Å². The number of aromatic nitrogens is 4. The summed E-state index contributed by atoms with van der Waals surface area (Å²) in [6.45, 7) is 6.10. The average Bonchev–Trinajstić information content (AvgIpc) is 2.72. The molecule has 17 heavy (non-hydrogen) atoms. The van der Waals surface area contributed by atoms with Crippen molar-refractivity contribution in [3.63, 3.8) is 0 Å². The number of aliphatic hydroxyl groups is 1. The van der Waals surface area contributed by atoms with E-state index in [0.29, 0.717) is 11.7 Å². The second kappa shape index (κ2) is 4.67. The Bertz CT molecular complexity index is 508. The summed E-state index contributed by atoms with van der Waals surface area (Å²) in [7, 11) is 0. The zero-order valence-electron chi connectivity index (χ0n) is 10.3. The van der Waals surface area contributed by atoms with Crippen LogP contribution < -0.4 is 5.32 Å². The molecule has 0 spiro atoms. The van der Waals surface area contributed by atoms with Gasteiger partial charge in [0.15, 0.2) is 0 Å². The summed E-state index contributed by atoms with van der Waals surface area (Å²) in [6.07, 6.45) is 1.47. The largest absolute Gasteiger partial charge is 0.394 e. The van der Waals surface area contributed by atoms with E-state index in [1.807, 2.05) is 13.0 Å². The van der Waals surface area contributed by atoms with Gasteiger partial charge in [-0.3, -0.25) is 0 Å². The van der Waals surface area contributed by atoms with Gasteiger partial charge in [0.2, 0.25) is 0 Å². The van der Waals surface area contributed by atoms with Crippen LogP contribution in [-0.4, -0.2) is 37.3 Å². The molecule has 0 bridgehead atoms. The Balaban J connectivity index is 2.37. The second-order valence-corrected chi connectivity index (χ2v) is 4.43. The van der Waals surface area contributed by atoms with Crippen LogP contribution in [0.3, 0.4) is 0 Å². The third-order valence-corrected chi connectivity index (χ3v) is 2.71. The maximum Gasteiger partial charge on any atom is 0.254 e. The Labute approximate surface area is 99.7 Å². The number of fused-ring (bicyclic) bond motifs is 1. The number of hydrogen-bond acceptors (Lipinski definition) is 5. The lowest BCUT2D eigenvalue weighted by Gasteiger charge is -2.21. The maximum absolute atomic E-state index is 9.33. The topological polar surface area (TPSA) is 75.3 Å². The summed E-state index contributed by atoms with van der Waals surface area (Å²) in [6, 6.07) is 1.89. The van der Waals surface area contributed by atoms with E-state index in [0.717, 1.165) is 11.5 Å². The molecule has 2 N–H and O–H groups in total.